The molecule has 1 aromatic carbocycles. The van der Waals surface area contributed by atoms with Crippen molar-refractivity contribution in [2.24, 2.45) is 0 Å². The Labute approximate surface area is 145 Å². The number of nitrogens with zero attached hydrogens (tertiary/aromatic N) is 3. The summed E-state index contributed by atoms with van der Waals surface area (Å²) in [7, 11) is 6.10. The summed E-state index contributed by atoms with van der Waals surface area (Å²) >= 11 is 0. The summed E-state index contributed by atoms with van der Waals surface area (Å²) in [5.74, 6) is -0.0116. The molecule has 2 heterocycles. The minimum atomic E-state index is -0.0116. The van der Waals surface area contributed by atoms with Crippen LogP contribution in [0.1, 0.15) is 34.8 Å². The second kappa shape index (κ2) is 7.64. The van der Waals surface area contributed by atoms with Gasteiger partial charge in [-0.2, -0.15) is 0 Å². The number of carbonyl (C=O) groups is 1. The molecule has 0 aromatic heterocycles. The van der Waals surface area contributed by atoms with Crippen LogP contribution < -0.4 is 5.32 Å². The number of carbonyl (C=O) groups excluding carboxylic acids is 1. The monoisotopic (exact) mass is 330 g/mol. The first kappa shape index (κ1) is 17.4. The van der Waals surface area contributed by atoms with E-state index in [-0.39, 0.29) is 5.91 Å². The van der Waals surface area contributed by atoms with E-state index in [2.05, 4.69) is 46.2 Å². The summed E-state index contributed by atoms with van der Waals surface area (Å²) < 4.78 is 0. The van der Waals surface area contributed by atoms with Crippen molar-refractivity contribution in [3.63, 3.8) is 0 Å². The van der Waals surface area contributed by atoms with Crippen molar-refractivity contribution >= 4 is 5.91 Å². The Morgan fingerprint density at radius 1 is 1.12 bits per heavy atom. The topological polar surface area (TPSA) is 38.8 Å². The fraction of sp³-hybridized carbons (Fsp3) is 0.632. The lowest BCUT2D eigenvalue weighted by Crippen LogP contribution is -2.53. The molecule has 132 valence electrons. The van der Waals surface area contributed by atoms with Crippen LogP contribution in [-0.2, 0) is 0 Å². The number of piperazine rings is 1. The number of nitrogens with one attached hydrogen (secondary N) is 1. The number of hydrogen-bond acceptors (Lipinski definition) is 4. The number of rotatable bonds is 3. The molecular formula is C19H30N4O. The SMILES string of the molecule is CNC(=O)c1cccc(C2CN(C3CCN(C)CC3)CCN2C)c1. The molecule has 2 saturated heterocycles. The molecule has 0 aliphatic carbocycles. The fourth-order valence-electron chi connectivity index (χ4n) is 3.98. The van der Waals surface area contributed by atoms with E-state index in [1.54, 1.807) is 7.05 Å². The van der Waals surface area contributed by atoms with Gasteiger partial charge in [0.15, 0.2) is 0 Å². The van der Waals surface area contributed by atoms with Gasteiger partial charge in [0.05, 0.1) is 0 Å². The lowest BCUT2D eigenvalue weighted by Gasteiger charge is -2.45. The average Bonchev–Trinajstić information content (AvgIpc) is 2.62. The van der Waals surface area contributed by atoms with E-state index in [0.717, 1.165) is 25.2 Å². The van der Waals surface area contributed by atoms with E-state index in [0.29, 0.717) is 12.1 Å². The van der Waals surface area contributed by atoms with Crippen molar-refractivity contribution < 1.29 is 4.79 Å². The van der Waals surface area contributed by atoms with E-state index in [9.17, 15) is 4.79 Å². The molecule has 5 heteroatoms. The third-order valence-electron chi connectivity index (χ3n) is 5.64. The second-order valence-electron chi connectivity index (χ2n) is 7.23. The van der Waals surface area contributed by atoms with Gasteiger partial charge < -0.3 is 10.2 Å². The average molecular weight is 330 g/mol. The quantitative estimate of drug-likeness (QED) is 0.910. The van der Waals surface area contributed by atoms with Crippen molar-refractivity contribution in [3.05, 3.63) is 35.4 Å². The number of likely N-dealkylation sites (tertiary alicyclic amines) is 1. The second-order valence-corrected chi connectivity index (χ2v) is 7.23. The Balaban J connectivity index is 1.73. The zero-order valence-corrected chi connectivity index (χ0v) is 15.2. The Morgan fingerprint density at radius 3 is 2.58 bits per heavy atom. The first-order valence-corrected chi connectivity index (χ1v) is 9.03. The largest absolute Gasteiger partial charge is 0.355 e. The molecule has 2 fully saturated rings. The highest BCUT2D eigenvalue weighted by atomic mass is 16.1. The molecule has 24 heavy (non-hydrogen) atoms. The van der Waals surface area contributed by atoms with Gasteiger partial charge in [-0.05, 0) is 57.7 Å². The van der Waals surface area contributed by atoms with Crippen LogP contribution in [0.3, 0.4) is 0 Å². The van der Waals surface area contributed by atoms with E-state index in [4.69, 9.17) is 0 Å². The third kappa shape index (κ3) is 3.79. The zero-order chi connectivity index (χ0) is 17.1. The normalized spacial score (nSPS) is 24.9. The van der Waals surface area contributed by atoms with Crippen LogP contribution >= 0.6 is 0 Å². The summed E-state index contributed by atoms with van der Waals surface area (Å²) in [6.45, 7) is 5.70. The van der Waals surface area contributed by atoms with Crippen LogP contribution in [0.2, 0.25) is 0 Å². The number of amides is 1. The highest BCUT2D eigenvalue weighted by Gasteiger charge is 2.31. The van der Waals surface area contributed by atoms with Crippen molar-refractivity contribution in [2.45, 2.75) is 24.9 Å². The maximum Gasteiger partial charge on any atom is 0.251 e. The Bertz CT molecular complexity index is 568. The molecule has 0 bridgehead atoms. The van der Waals surface area contributed by atoms with Gasteiger partial charge in [0.2, 0.25) is 0 Å². The van der Waals surface area contributed by atoms with Crippen LogP contribution in [0.15, 0.2) is 24.3 Å². The third-order valence-corrected chi connectivity index (χ3v) is 5.64. The van der Waals surface area contributed by atoms with Gasteiger partial charge in [0.1, 0.15) is 0 Å². The molecule has 2 aliphatic heterocycles. The van der Waals surface area contributed by atoms with Crippen molar-refractivity contribution in [1.82, 2.24) is 20.0 Å². The van der Waals surface area contributed by atoms with Crippen LogP contribution in [-0.4, -0.2) is 80.5 Å². The molecule has 1 aromatic rings. The first-order valence-electron chi connectivity index (χ1n) is 9.03. The van der Waals surface area contributed by atoms with Gasteiger partial charge in [-0.1, -0.05) is 12.1 Å². The Kier molecular flexibility index (Phi) is 5.54. The molecule has 0 spiro atoms. The predicted molar refractivity (Wildman–Crippen MR) is 97.3 cm³/mol. The zero-order valence-electron chi connectivity index (χ0n) is 15.2. The molecule has 1 amide bonds. The molecule has 5 nitrogen and oxygen atoms in total. The van der Waals surface area contributed by atoms with Gasteiger partial charge in [-0.3, -0.25) is 14.6 Å². The molecule has 1 atom stereocenters. The van der Waals surface area contributed by atoms with Crippen LogP contribution in [0, 0.1) is 0 Å². The number of likely N-dealkylation sites (N-methyl/N-ethyl adjacent to an activating group) is 1. The summed E-state index contributed by atoms with van der Waals surface area (Å²) in [4.78, 5) is 19.5. The van der Waals surface area contributed by atoms with E-state index >= 15 is 0 Å². The lowest BCUT2D eigenvalue weighted by atomic mass is 9.97. The molecular weight excluding hydrogens is 300 g/mol. The van der Waals surface area contributed by atoms with Crippen LogP contribution in [0.25, 0.3) is 0 Å². The molecule has 0 saturated carbocycles. The van der Waals surface area contributed by atoms with Crippen LogP contribution in [0.5, 0.6) is 0 Å². The smallest absolute Gasteiger partial charge is 0.251 e. The maximum absolute atomic E-state index is 11.9. The molecule has 1 N–H and O–H groups in total. The van der Waals surface area contributed by atoms with E-state index in [1.165, 1.54) is 31.5 Å². The maximum atomic E-state index is 11.9. The number of hydrogen-bond donors (Lipinski definition) is 1. The molecule has 3 rings (SSSR count). The molecule has 0 radical (unpaired) electrons. The summed E-state index contributed by atoms with van der Waals surface area (Å²) in [5, 5.41) is 2.72. The highest BCUT2D eigenvalue weighted by Crippen LogP contribution is 2.28. The van der Waals surface area contributed by atoms with Crippen molar-refractivity contribution in [2.75, 3.05) is 53.9 Å². The Hall–Kier alpha value is -1.43. The summed E-state index contributed by atoms with van der Waals surface area (Å²) in [5.41, 5.74) is 2.00. The van der Waals surface area contributed by atoms with Crippen molar-refractivity contribution in [3.8, 4) is 0 Å². The Morgan fingerprint density at radius 2 is 1.88 bits per heavy atom. The van der Waals surface area contributed by atoms with Gasteiger partial charge in [0.25, 0.3) is 5.91 Å². The minimum Gasteiger partial charge on any atom is -0.355 e. The fourth-order valence-corrected chi connectivity index (χ4v) is 3.98. The first-order chi connectivity index (χ1) is 11.6. The van der Waals surface area contributed by atoms with Crippen molar-refractivity contribution in [1.29, 1.82) is 0 Å². The standard InChI is InChI=1S/C19H30N4O/c1-20-19(24)16-6-4-5-15(13-16)18-14-23(12-11-22(18)3)17-7-9-21(2)10-8-17/h4-6,13,17-18H,7-12,14H2,1-3H3,(H,20,24). The van der Waals surface area contributed by atoms with Gasteiger partial charge >= 0.3 is 0 Å². The van der Waals surface area contributed by atoms with Gasteiger partial charge in [-0.25, -0.2) is 0 Å². The van der Waals surface area contributed by atoms with Gasteiger partial charge in [-0.15, -0.1) is 0 Å². The van der Waals surface area contributed by atoms with Gasteiger partial charge in [0, 0.05) is 44.3 Å². The molecule has 1 unspecified atom stereocenters. The molecule has 2 aliphatic rings. The minimum absolute atomic E-state index is 0.0116. The number of piperidine rings is 1. The highest BCUT2D eigenvalue weighted by molar-refractivity contribution is 5.94. The predicted octanol–water partition coefficient (Wildman–Crippen LogP) is 1.43. The van der Waals surface area contributed by atoms with E-state index in [1.807, 2.05) is 12.1 Å². The van der Waals surface area contributed by atoms with Crippen LogP contribution in [0.4, 0.5) is 0 Å². The van der Waals surface area contributed by atoms with E-state index < -0.39 is 0 Å². The lowest BCUT2D eigenvalue weighted by molar-refractivity contribution is 0.0399. The summed E-state index contributed by atoms with van der Waals surface area (Å²) in [6, 6.07) is 9.18. The summed E-state index contributed by atoms with van der Waals surface area (Å²) in [6.07, 6.45) is 2.54. The number of benzene rings is 1.